The van der Waals surface area contributed by atoms with E-state index in [-0.39, 0.29) is 11.8 Å². The molecule has 0 radical (unpaired) electrons. The Morgan fingerprint density at radius 2 is 1.95 bits per heavy atom. The van der Waals surface area contributed by atoms with Crippen LogP contribution in [0.25, 0.3) is 0 Å². The van der Waals surface area contributed by atoms with Gasteiger partial charge in [-0.2, -0.15) is 0 Å². The lowest BCUT2D eigenvalue weighted by molar-refractivity contribution is -0.000107. The van der Waals surface area contributed by atoms with E-state index in [0.29, 0.717) is 6.10 Å². The molecule has 1 aliphatic heterocycles. The number of hydrogen-bond acceptors (Lipinski definition) is 3. The molecule has 3 heteroatoms. The number of ether oxygens (including phenoxy) is 1. The van der Waals surface area contributed by atoms with Crippen LogP contribution >= 0.6 is 0 Å². The summed E-state index contributed by atoms with van der Waals surface area (Å²) in [7, 11) is 0. The number of carbonyl (C=O) groups excluding carboxylic acids is 1. The Hall–Kier alpha value is -1.19. The van der Waals surface area contributed by atoms with Crippen molar-refractivity contribution in [2.24, 2.45) is 0 Å². The third-order valence-electron chi connectivity index (χ3n) is 4.31. The maximum Gasteiger partial charge on any atom is 0.179 e. The van der Waals surface area contributed by atoms with Crippen molar-refractivity contribution in [1.82, 2.24) is 4.90 Å². The van der Waals surface area contributed by atoms with Gasteiger partial charge in [0.1, 0.15) is 0 Å². The molecule has 0 bridgehead atoms. The molecule has 0 aromatic heterocycles. The highest BCUT2D eigenvalue weighted by Gasteiger charge is 2.27. The van der Waals surface area contributed by atoms with Gasteiger partial charge in [0, 0.05) is 25.3 Å². The van der Waals surface area contributed by atoms with Gasteiger partial charge in [0.25, 0.3) is 0 Å². The summed E-state index contributed by atoms with van der Waals surface area (Å²) in [6.07, 6.45) is 4.78. The summed E-state index contributed by atoms with van der Waals surface area (Å²) in [4.78, 5) is 14.8. The van der Waals surface area contributed by atoms with Crippen LogP contribution in [0.15, 0.2) is 30.3 Å². The maximum atomic E-state index is 12.5. The molecule has 1 aromatic rings. The van der Waals surface area contributed by atoms with Crippen LogP contribution in [0.3, 0.4) is 0 Å². The van der Waals surface area contributed by atoms with Crippen LogP contribution in [0.1, 0.15) is 49.9 Å². The lowest BCUT2D eigenvalue weighted by Crippen LogP contribution is -2.45. The third-order valence-corrected chi connectivity index (χ3v) is 4.31. The van der Waals surface area contributed by atoms with Crippen LogP contribution in [-0.4, -0.2) is 42.5 Å². The number of likely N-dealkylation sites (tertiary alicyclic amines) is 1. The molecule has 1 saturated heterocycles. The van der Waals surface area contributed by atoms with Crippen LogP contribution in [0.4, 0.5) is 0 Å². The summed E-state index contributed by atoms with van der Waals surface area (Å²) in [6.45, 7) is 6.99. The first-order valence-electron chi connectivity index (χ1n) is 8.17. The topological polar surface area (TPSA) is 29.5 Å². The number of nitrogens with zero attached hydrogens (tertiary/aromatic N) is 1. The van der Waals surface area contributed by atoms with Gasteiger partial charge < -0.3 is 4.74 Å². The van der Waals surface area contributed by atoms with E-state index >= 15 is 0 Å². The largest absolute Gasteiger partial charge is 0.378 e. The molecule has 1 heterocycles. The predicted molar refractivity (Wildman–Crippen MR) is 85.7 cm³/mol. The summed E-state index contributed by atoms with van der Waals surface area (Å²) in [5, 5.41) is 0. The smallest absolute Gasteiger partial charge is 0.179 e. The normalized spacial score (nSPS) is 18.6. The molecule has 0 N–H and O–H groups in total. The van der Waals surface area contributed by atoms with E-state index in [1.54, 1.807) is 0 Å². The molecule has 1 aliphatic rings. The summed E-state index contributed by atoms with van der Waals surface area (Å²) >= 11 is 0. The molecular weight excluding hydrogens is 262 g/mol. The Morgan fingerprint density at radius 1 is 1.29 bits per heavy atom. The standard InChI is InChI=1S/C18H27NO2/c1-3-4-14-21-17-10-12-19(13-11-17)15(2)18(20)16-8-6-5-7-9-16/h5-9,15,17H,3-4,10-14H2,1-2H3. The number of piperidine rings is 1. The van der Waals surface area contributed by atoms with Gasteiger partial charge in [-0.15, -0.1) is 0 Å². The van der Waals surface area contributed by atoms with Crippen LogP contribution in [0.5, 0.6) is 0 Å². The zero-order valence-electron chi connectivity index (χ0n) is 13.3. The number of unbranched alkanes of at least 4 members (excludes halogenated alkanes) is 1. The predicted octanol–water partition coefficient (Wildman–Crippen LogP) is 3.54. The van der Waals surface area contributed by atoms with Crippen molar-refractivity contribution < 1.29 is 9.53 Å². The van der Waals surface area contributed by atoms with E-state index < -0.39 is 0 Å². The second-order valence-electron chi connectivity index (χ2n) is 5.87. The van der Waals surface area contributed by atoms with E-state index in [1.165, 1.54) is 6.42 Å². The Bertz CT molecular complexity index is 424. The van der Waals surface area contributed by atoms with Crippen molar-refractivity contribution in [1.29, 1.82) is 0 Å². The van der Waals surface area contributed by atoms with Gasteiger partial charge in [0.2, 0.25) is 0 Å². The SMILES string of the molecule is CCCCOC1CCN(C(C)C(=O)c2ccccc2)CC1. The molecule has 1 fully saturated rings. The molecule has 1 unspecified atom stereocenters. The van der Waals surface area contributed by atoms with Gasteiger partial charge in [0.05, 0.1) is 12.1 Å². The summed E-state index contributed by atoms with van der Waals surface area (Å²) in [5.74, 6) is 0.223. The molecule has 1 atom stereocenters. The maximum absolute atomic E-state index is 12.5. The fraction of sp³-hybridized carbons (Fsp3) is 0.611. The van der Waals surface area contributed by atoms with Crippen molar-refractivity contribution in [3.63, 3.8) is 0 Å². The van der Waals surface area contributed by atoms with E-state index in [0.717, 1.165) is 44.5 Å². The van der Waals surface area contributed by atoms with Crippen molar-refractivity contribution in [2.45, 2.75) is 51.7 Å². The van der Waals surface area contributed by atoms with Gasteiger partial charge in [-0.05, 0) is 26.2 Å². The van der Waals surface area contributed by atoms with E-state index in [2.05, 4.69) is 11.8 Å². The highest BCUT2D eigenvalue weighted by Crippen LogP contribution is 2.18. The van der Waals surface area contributed by atoms with Crippen molar-refractivity contribution in [2.75, 3.05) is 19.7 Å². The molecular formula is C18H27NO2. The first-order valence-corrected chi connectivity index (χ1v) is 8.17. The average molecular weight is 289 g/mol. The summed E-state index contributed by atoms with van der Waals surface area (Å²) in [5.41, 5.74) is 0.811. The average Bonchev–Trinajstić information content (AvgIpc) is 2.55. The number of ketones is 1. The number of rotatable bonds is 7. The highest BCUT2D eigenvalue weighted by molar-refractivity contribution is 5.99. The van der Waals surface area contributed by atoms with Crippen LogP contribution < -0.4 is 0 Å². The van der Waals surface area contributed by atoms with Crippen LogP contribution in [0.2, 0.25) is 0 Å². The van der Waals surface area contributed by atoms with Gasteiger partial charge in [-0.3, -0.25) is 9.69 Å². The molecule has 1 aromatic carbocycles. The molecule has 3 nitrogen and oxygen atoms in total. The Balaban J connectivity index is 1.80. The summed E-state index contributed by atoms with van der Waals surface area (Å²) < 4.78 is 5.88. The van der Waals surface area contributed by atoms with E-state index in [9.17, 15) is 4.79 Å². The molecule has 0 aliphatic carbocycles. The van der Waals surface area contributed by atoms with Gasteiger partial charge in [-0.1, -0.05) is 43.7 Å². The number of benzene rings is 1. The van der Waals surface area contributed by atoms with Crippen LogP contribution in [0, 0.1) is 0 Å². The fourth-order valence-corrected chi connectivity index (χ4v) is 2.83. The fourth-order valence-electron chi connectivity index (χ4n) is 2.83. The highest BCUT2D eigenvalue weighted by atomic mass is 16.5. The molecule has 0 saturated carbocycles. The lowest BCUT2D eigenvalue weighted by Gasteiger charge is -2.35. The van der Waals surface area contributed by atoms with E-state index in [1.807, 2.05) is 37.3 Å². The van der Waals surface area contributed by atoms with Crippen molar-refractivity contribution >= 4 is 5.78 Å². The molecule has 2 rings (SSSR count). The van der Waals surface area contributed by atoms with Crippen molar-refractivity contribution in [3.8, 4) is 0 Å². The Morgan fingerprint density at radius 3 is 2.57 bits per heavy atom. The lowest BCUT2D eigenvalue weighted by atomic mass is 10.0. The van der Waals surface area contributed by atoms with Gasteiger partial charge in [-0.25, -0.2) is 0 Å². The monoisotopic (exact) mass is 289 g/mol. The second-order valence-corrected chi connectivity index (χ2v) is 5.87. The number of carbonyl (C=O) groups is 1. The molecule has 21 heavy (non-hydrogen) atoms. The Labute approximate surface area is 128 Å². The minimum absolute atomic E-state index is 0.0380. The van der Waals surface area contributed by atoms with Gasteiger partial charge in [0.15, 0.2) is 5.78 Å². The first kappa shape index (κ1) is 16.2. The zero-order valence-corrected chi connectivity index (χ0v) is 13.3. The quantitative estimate of drug-likeness (QED) is 0.568. The minimum atomic E-state index is -0.0380. The first-order chi connectivity index (χ1) is 10.2. The molecule has 116 valence electrons. The molecule has 0 spiro atoms. The third kappa shape index (κ3) is 4.65. The van der Waals surface area contributed by atoms with Crippen molar-refractivity contribution in [3.05, 3.63) is 35.9 Å². The minimum Gasteiger partial charge on any atom is -0.378 e. The summed E-state index contributed by atoms with van der Waals surface area (Å²) in [6, 6.07) is 9.56. The van der Waals surface area contributed by atoms with Crippen LogP contribution in [-0.2, 0) is 4.74 Å². The molecule has 0 amide bonds. The number of Topliss-reactive ketones (excluding diaryl/α,β-unsaturated/α-hetero) is 1. The van der Waals surface area contributed by atoms with E-state index in [4.69, 9.17) is 4.74 Å². The number of hydrogen-bond donors (Lipinski definition) is 0. The van der Waals surface area contributed by atoms with Gasteiger partial charge >= 0.3 is 0 Å². The zero-order chi connectivity index (χ0) is 15.1. The second kappa shape index (κ2) is 8.30. The Kier molecular flexibility index (Phi) is 6.40.